The second-order valence-corrected chi connectivity index (χ2v) is 8.01. The first-order valence-corrected chi connectivity index (χ1v) is 9.99. The SMILES string of the molecule is O=S(=O)(Nc1cc(Cl)ccc1Cn1ccnn1)c1cccc2nsnc12. The molecule has 0 aliphatic heterocycles. The summed E-state index contributed by atoms with van der Waals surface area (Å²) >= 11 is 7.03. The van der Waals surface area contributed by atoms with Crippen LogP contribution in [-0.4, -0.2) is 32.2 Å². The average molecular weight is 407 g/mol. The lowest BCUT2D eigenvalue weighted by Gasteiger charge is -2.13. The predicted octanol–water partition coefficient (Wildman–Crippen LogP) is 2.79. The van der Waals surface area contributed by atoms with E-state index in [1.807, 2.05) is 0 Å². The zero-order valence-electron chi connectivity index (χ0n) is 13.1. The Morgan fingerprint density at radius 3 is 2.88 bits per heavy atom. The highest BCUT2D eigenvalue weighted by Crippen LogP contribution is 2.27. The molecule has 8 nitrogen and oxygen atoms in total. The third kappa shape index (κ3) is 3.26. The minimum Gasteiger partial charge on any atom is -0.279 e. The topological polar surface area (TPSA) is 103 Å². The van der Waals surface area contributed by atoms with E-state index >= 15 is 0 Å². The molecule has 4 aromatic rings. The van der Waals surface area contributed by atoms with Crippen LogP contribution in [0.25, 0.3) is 11.0 Å². The number of benzene rings is 2. The van der Waals surface area contributed by atoms with E-state index in [1.165, 1.54) is 6.07 Å². The molecule has 0 saturated heterocycles. The van der Waals surface area contributed by atoms with Crippen molar-refractivity contribution >= 4 is 50.1 Å². The molecule has 132 valence electrons. The first kappa shape index (κ1) is 16.9. The van der Waals surface area contributed by atoms with Crippen molar-refractivity contribution in [3.8, 4) is 0 Å². The van der Waals surface area contributed by atoms with Gasteiger partial charge in [-0.25, -0.2) is 13.1 Å². The fourth-order valence-corrected chi connectivity index (χ4v) is 4.50. The molecule has 0 saturated carbocycles. The van der Waals surface area contributed by atoms with Crippen molar-refractivity contribution in [1.29, 1.82) is 0 Å². The molecule has 0 aliphatic carbocycles. The van der Waals surface area contributed by atoms with Crippen molar-refractivity contribution in [2.24, 2.45) is 0 Å². The van der Waals surface area contributed by atoms with Crippen molar-refractivity contribution in [2.75, 3.05) is 4.72 Å². The quantitative estimate of drug-likeness (QED) is 0.546. The minimum absolute atomic E-state index is 0.0652. The van der Waals surface area contributed by atoms with Crippen LogP contribution in [0.4, 0.5) is 5.69 Å². The van der Waals surface area contributed by atoms with Gasteiger partial charge in [-0.1, -0.05) is 28.9 Å². The Bertz CT molecular complexity index is 1170. The number of nitrogens with one attached hydrogen (secondary N) is 1. The van der Waals surface area contributed by atoms with Crippen molar-refractivity contribution in [3.05, 3.63) is 59.4 Å². The van der Waals surface area contributed by atoms with E-state index in [2.05, 4.69) is 23.8 Å². The largest absolute Gasteiger partial charge is 0.279 e. The molecule has 0 bridgehead atoms. The zero-order chi connectivity index (χ0) is 18.1. The second kappa shape index (κ2) is 6.63. The van der Waals surface area contributed by atoms with E-state index in [0.717, 1.165) is 11.7 Å². The summed E-state index contributed by atoms with van der Waals surface area (Å²) in [5.74, 6) is 0. The number of halogens is 1. The summed E-state index contributed by atoms with van der Waals surface area (Å²) in [6.07, 6.45) is 3.24. The standard InChI is InChI=1S/C15H11ClN6O2S2/c16-11-5-4-10(9-22-7-6-17-21-22)13(8-11)20-26(23,24)14-3-1-2-12-15(14)19-25-18-12/h1-8,20H,9H2. The number of aromatic nitrogens is 5. The molecule has 4 rings (SSSR count). The van der Waals surface area contributed by atoms with Gasteiger partial charge in [0.25, 0.3) is 10.0 Å². The van der Waals surface area contributed by atoms with Gasteiger partial charge in [0.1, 0.15) is 15.9 Å². The second-order valence-electron chi connectivity index (χ2n) is 5.40. The summed E-state index contributed by atoms with van der Waals surface area (Å²) in [6, 6.07) is 9.84. The Labute approximate surface area is 157 Å². The number of rotatable bonds is 5. The van der Waals surface area contributed by atoms with Crippen LogP contribution >= 0.6 is 23.3 Å². The molecule has 0 unspecified atom stereocenters. The third-order valence-corrected chi connectivity index (χ3v) is 5.83. The van der Waals surface area contributed by atoms with Crippen molar-refractivity contribution in [3.63, 3.8) is 0 Å². The van der Waals surface area contributed by atoms with Gasteiger partial charge in [0.15, 0.2) is 0 Å². The van der Waals surface area contributed by atoms with E-state index < -0.39 is 10.0 Å². The summed E-state index contributed by atoms with van der Waals surface area (Å²) in [4.78, 5) is 0.0652. The number of anilines is 1. The average Bonchev–Trinajstić information content (AvgIpc) is 3.28. The summed E-state index contributed by atoms with van der Waals surface area (Å²) in [6.45, 7) is 0.345. The molecule has 0 radical (unpaired) electrons. The molecule has 0 atom stereocenters. The van der Waals surface area contributed by atoms with Crippen LogP contribution in [0.1, 0.15) is 5.56 Å². The highest BCUT2D eigenvalue weighted by atomic mass is 35.5. The van der Waals surface area contributed by atoms with Gasteiger partial charge < -0.3 is 0 Å². The Balaban J connectivity index is 1.74. The molecule has 0 spiro atoms. The molecule has 2 aromatic heterocycles. The lowest BCUT2D eigenvalue weighted by Crippen LogP contribution is -2.15. The van der Waals surface area contributed by atoms with Crippen LogP contribution in [0.15, 0.2) is 53.7 Å². The van der Waals surface area contributed by atoms with Gasteiger partial charge >= 0.3 is 0 Å². The third-order valence-electron chi connectivity index (χ3n) is 3.66. The highest BCUT2D eigenvalue weighted by Gasteiger charge is 2.21. The maximum absolute atomic E-state index is 12.9. The van der Waals surface area contributed by atoms with Crippen LogP contribution in [0, 0.1) is 0 Å². The summed E-state index contributed by atoms with van der Waals surface area (Å²) < 4.78 is 38.2. The fourth-order valence-electron chi connectivity index (χ4n) is 2.47. The van der Waals surface area contributed by atoms with Crippen LogP contribution in [0.2, 0.25) is 5.02 Å². The highest BCUT2D eigenvalue weighted by molar-refractivity contribution is 7.93. The van der Waals surface area contributed by atoms with Gasteiger partial charge in [-0.2, -0.15) is 8.75 Å². The summed E-state index contributed by atoms with van der Waals surface area (Å²) in [7, 11) is -3.88. The first-order chi connectivity index (χ1) is 12.5. The molecule has 0 amide bonds. The monoisotopic (exact) mass is 406 g/mol. The van der Waals surface area contributed by atoms with E-state index in [0.29, 0.717) is 33.9 Å². The minimum atomic E-state index is -3.88. The molecule has 1 N–H and O–H groups in total. The smallest absolute Gasteiger partial charge is 0.264 e. The van der Waals surface area contributed by atoms with E-state index in [-0.39, 0.29) is 4.90 Å². The van der Waals surface area contributed by atoms with Crippen LogP contribution < -0.4 is 4.72 Å². The van der Waals surface area contributed by atoms with Gasteiger partial charge in [0.2, 0.25) is 0 Å². The first-order valence-electron chi connectivity index (χ1n) is 7.39. The lowest BCUT2D eigenvalue weighted by atomic mass is 10.2. The van der Waals surface area contributed by atoms with Gasteiger partial charge in [-0.3, -0.25) is 4.72 Å². The van der Waals surface area contributed by atoms with E-state index in [1.54, 1.807) is 47.4 Å². The number of sulfonamides is 1. The molecule has 0 fully saturated rings. The van der Waals surface area contributed by atoms with Gasteiger partial charge in [-0.15, -0.1) is 5.10 Å². The summed E-state index contributed by atoms with van der Waals surface area (Å²) in [5, 5.41) is 8.07. The van der Waals surface area contributed by atoms with Crippen LogP contribution in [0.3, 0.4) is 0 Å². The number of hydrogen-bond donors (Lipinski definition) is 1. The maximum atomic E-state index is 12.9. The molecule has 2 heterocycles. The Morgan fingerprint density at radius 2 is 2.08 bits per heavy atom. The van der Waals surface area contributed by atoms with E-state index in [4.69, 9.17) is 11.6 Å². The van der Waals surface area contributed by atoms with E-state index in [9.17, 15) is 8.42 Å². The predicted molar refractivity (Wildman–Crippen MR) is 98.8 cm³/mol. The van der Waals surface area contributed by atoms with Gasteiger partial charge in [0.05, 0.1) is 30.2 Å². The molecule has 2 aromatic carbocycles. The zero-order valence-corrected chi connectivity index (χ0v) is 15.5. The Kier molecular flexibility index (Phi) is 4.31. The number of hydrogen-bond acceptors (Lipinski definition) is 7. The molecule has 26 heavy (non-hydrogen) atoms. The fraction of sp³-hybridized carbons (Fsp3) is 0.0667. The molecular formula is C15H11ClN6O2S2. The molecule has 11 heteroatoms. The summed E-state index contributed by atoms with van der Waals surface area (Å²) in [5.41, 5.74) is 1.94. The normalized spacial score (nSPS) is 11.7. The Morgan fingerprint density at radius 1 is 1.19 bits per heavy atom. The maximum Gasteiger partial charge on any atom is 0.264 e. The number of nitrogens with zero attached hydrogens (tertiary/aromatic N) is 5. The van der Waals surface area contributed by atoms with Crippen molar-refractivity contribution in [1.82, 2.24) is 23.7 Å². The van der Waals surface area contributed by atoms with Crippen LogP contribution in [-0.2, 0) is 16.6 Å². The molecular weight excluding hydrogens is 396 g/mol. The van der Waals surface area contributed by atoms with Gasteiger partial charge in [0, 0.05) is 11.2 Å². The Hall–Kier alpha value is -2.56. The molecule has 0 aliphatic rings. The number of fused-ring (bicyclic) bond motifs is 1. The van der Waals surface area contributed by atoms with Crippen molar-refractivity contribution < 1.29 is 8.42 Å². The van der Waals surface area contributed by atoms with Crippen LogP contribution in [0.5, 0.6) is 0 Å². The lowest BCUT2D eigenvalue weighted by molar-refractivity contribution is 0.601. The van der Waals surface area contributed by atoms with Crippen molar-refractivity contribution in [2.45, 2.75) is 11.4 Å². The van der Waals surface area contributed by atoms with Gasteiger partial charge in [-0.05, 0) is 29.8 Å².